The Morgan fingerprint density at radius 2 is 2.45 bits per heavy atom. The lowest BCUT2D eigenvalue weighted by molar-refractivity contribution is 1.11. The first-order chi connectivity index (χ1) is 5.36. The summed E-state index contributed by atoms with van der Waals surface area (Å²) in [5.41, 5.74) is 2.47. The Labute approximate surface area is 66.0 Å². The number of pyridine rings is 1. The number of hydrogen-bond acceptors (Lipinski definition) is 2. The zero-order chi connectivity index (χ0) is 7.68. The van der Waals surface area contributed by atoms with Crippen molar-refractivity contribution in [3.05, 3.63) is 35.7 Å². The van der Waals surface area contributed by atoms with Gasteiger partial charge in [-0.3, -0.25) is 0 Å². The number of allylic oxidation sites excluding steroid dienone is 2. The van der Waals surface area contributed by atoms with Gasteiger partial charge in [0.1, 0.15) is 5.82 Å². The van der Waals surface area contributed by atoms with Gasteiger partial charge >= 0.3 is 0 Å². The lowest BCUT2D eigenvalue weighted by Gasteiger charge is -2.14. The standard InChI is InChI=1S/C9H10N2/c1-7-4-5-8-3-2-6-10-9(8)11-7/h2-4,6H,5H2,1H3,(H,10,11). The quantitative estimate of drug-likeness (QED) is 0.605. The van der Waals surface area contributed by atoms with Gasteiger partial charge < -0.3 is 5.32 Å². The molecule has 0 radical (unpaired) electrons. The summed E-state index contributed by atoms with van der Waals surface area (Å²) in [4.78, 5) is 4.22. The highest BCUT2D eigenvalue weighted by Crippen LogP contribution is 2.19. The van der Waals surface area contributed by atoms with E-state index in [0.29, 0.717) is 0 Å². The monoisotopic (exact) mass is 146 g/mol. The first-order valence-electron chi connectivity index (χ1n) is 3.74. The number of fused-ring (bicyclic) bond motifs is 1. The number of rotatable bonds is 0. The van der Waals surface area contributed by atoms with Gasteiger partial charge in [-0.2, -0.15) is 0 Å². The fourth-order valence-corrected chi connectivity index (χ4v) is 1.22. The molecule has 0 unspecified atom stereocenters. The van der Waals surface area contributed by atoms with Gasteiger partial charge in [0.05, 0.1) is 0 Å². The van der Waals surface area contributed by atoms with E-state index in [1.54, 1.807) is 0 Å². The average molecular weight is 146 g/mol. The maximum absolute atomic E-state index is 4.22. The molecule has 2 rings (SSSR count). The largest absolute Gasteiger partial charge is 0.344 e. The van der Waals surface area contributed by atoms with Crippen LogP contribution in [0.25, 0.3) is 0 Å². The van der Waals surface area contributed by atoms with Crippen molar-refractivity contribution in [2.45, 2.75) is 13.3 Å². The zero-order valence-electron chi connectivity index (χ0n) is 6.46. The molecule has 0 fully saturated rings. The SMILES string of the molecule is CC1=CCc2cccnc2N1. The van der Waals surface area contributed by atoms with Gasteiger partial charge in [-0.25, -0.2) is 4.98 Å². The van der Waals surface area contributed by atoms with Crippen LogP contribution in [-0.2, 0) is 6.42 Å². The summed E-state index contributed by atoms with van der Waals surface area (Å²) in [6.07, 6.45) is 4.98. The predicted molar refractivity (Wildman–Crippen MR) is 45.3 cm³/mol. The van der Waals surface area contributed by atoms with Crippen LogP contribution in [-0.4, -0.2) is 4.98 Å². The van der Waals surface area contributed by atoms with Gasteiger partial charge in [0, 0.05) is 11.9 Å². The fourth-order valence-electron chi connectivity index (χ4n) is 1.22. The molecule has 1 aromatic rings. The van der Waals surface area contributed by atoms with Crippen LogP contribution in [0.1, 0.15) is 12.5 Å². The Bertz CT molecular complexity index is 302. The van der Waals surface area contributed by atoms with Gasteiger partial charge in [0.15, 0.2) is 0 Å². The number of nitrogens with zero attached hydrogens (tertiary/aromatic N) is 1. The highest BCUT2D eigenvalue weighted by atomic mass is 15.0. The lowest BCUT2D eigenvalue weighted by Crippen LogP contribution is -2.06. The van der Waals surface area contributed by atoms with E-state index in [4.69, 9.17) is 0 Å². The summed E-state index contributed by atoms with van der Waals surface area (Å²) >= 11 is 0. The Morgan fingerprint density at radius 3 is 3.36 bits per heavy atom. The van der Waals surface area contributed by atoms with Crippen LogP contribution in [0.2, 0.25) is 0 Å². The van der Waals surface area contributed by atoms with Gasteiger partial charge in [0.25, 0.3) is 0 Å². The second-order valence-corrected chi connectivity index (χ2v) is 2.73. The lowest BCUT2D eigenvalue weighted by atomic mass is 10.1. The highest BCUT2D eigenvalue weighted by molar-refractivity contribution is 5.52. The van der Waals surface area contributed by atoms with E-state index < -0.39 is 0 Å². The summed E-state index contributed by atoms with van der Waals surface area (Å²) in [6, 6.07) is 4.06. The van der Waals surface area contributed by atoms with Crippen molar-refractivity contribution in [2.24, 2.45) is 0 Å². The number of nitrogens with one attached hydrogen (secondary N) is 1. The molecule has 1 aliphatic rings. The summed E-state index contributed by atoms with van der Waals surface area (Å²) in [6.45, 7) is 2.05. The van der Waals surface area contributed by atoms with E-state index in [1.165, 1.54) is 11.3 Å². The van der Waals surface area contributed by atoms with Crippen LogP contribution in [0, 0.1) is 0 Å². The smallest absolute Gasteiger partial charge is 0.133 e. The van der Waals surface area contributed by atoms with E-state index in [2.05, 4.69) is 29.4 Å². The van der Waals surface area contributed by atoms with Gasteiger partial charge in [-0.15, -0.1) is 0 Å². The molecule has 0 aliphatic carbocycles. The summed E-state index contributed by atoms with van der Waals surface area (Å²) in [5.74, 6) is 1.01. The van der Waals surface area contributed by atoms with Crippen LogP contribution >= 0.6 is 0 Å². The molecule has 0 saturated heterocycles. The van der Waals surface area contributed by atoms with Crippen LogP contribution < -0.4 is 5.32 Å². The number of hydrogen-bond donors (Lipinski definition) is 1. The third-order valence-electron chi connectivity index (χ3n) is 1.84. The second-order valence-electron chi connectivity index (χ2n) is 2.73. The first kappa shape index (κ1) is 6.40. The van der Waals surface area contributed by atoms with Gasteiger partial charge in [-0.05, 0) is 25.0 Å². The van der Waals surface area contributed by atoms with Crippen molar-refractivity contribution in [1.29, 1.82) is 0 Å². The third-order valence-corrected chi connectivity index (χ3v) is 1.84. The maximum Gasteiger partial charge on any atom is 0.133 e. The molecule has 1 aliphatic heterocycles. The van der Waals surface area contributed by atoms with Crippen LogP contribution in [0.4, 0.5) is 5.82 Å². The fraction of sp³-hybridized carbons (Fsp3) is 0.222. The van der Waals surface area contributed by atoms with E-state index in [9.17, 15) is 0 Å². The molecule has 56 valence electrons. The van der Waals surface area contributed by atoms with Crippen LogP contribution in [0.3, 0.4) is 0 Å². The molecule has 11 heavy (non-hydrogen) atoms. The maximum atomic E-state index is 4.22. The minimum absolute atomic E-state index is 1.00. The molecule has 2 nitrogen and oxygen atoms in total. The Kier molecular flexibility index (Phi) is 1.39. The van der Waals surface area contributed by atoms with Crippen molar-refractivity contribution in [1.82, 2.24) is 4.98 Å². The van der Waals surface area contributed by atoms with E-state index in [0.717, 1.165) is 12.2 Å². The highest BCUT2D eigenvalue weighted by Gasteiger charge is 2.06. The summed E-state index contributed by atoms with van der Waals surface area (Å²) in [7, 11) is 0. The average Bonchev–Trinajstić information content (AvgIpc) is 2.04. The molecule has 0 atom stereocenters. The molecular formula is C9H10N2. The first-order valence-corrected chi connectivity index (χ1v) is 3.74. The topological polar surface area (TPSA) is 24.9 Å². The molecule has 1 N–H and O–H groups in total. The Hall–Kier alpha value is -1.31. The molecule has 2 heteroatoms. The number of aromatic nitrogens is 1. The summed E-state index contributed by atoms with van der Waals surface area (Å²) < 4.78 is 0. The van der Waals surface area contributed by atoms with E-state index in [-0.39, 0.29) is 0 Å². The molecule has 0 saturated carbocycles. The molecule has 0 bridgehead atoms. The Balaban J connectivity index is 2.42. The van der Waals surface area contributed by atoms with Crippen molar-refractivity contribution in [2.75, 3.05) is 5.32 Å². The molecule has 2 heterocycles. The third kappa shape index (κ3) is 1.11. The molecular weight excluding hydrogens is 136 g/mol. The predicted octanol–water partition coefficient (Wildman–Crippen LogP) is 1.95. The van der Waals surface area contributed by atoms with Gasteiger partial charge in [-0.1, -0.05) is 12.1 Å². The molecule has 0 aromatic carbocycles. The van der Waals surface area contributed by atoms with Crippen molar-refractivity contribution in [3.8, 4) is 0 Å². The van der Waals surface area contributed by atoms with Crippen molar-refractivity contribution < 1.29 is 0 Å². The number of anilines is 1. The van der Waals surface area contributed by atoms with E-state index >= 15 is 0 Å². The van der Waals surface area contributed by atoms with Crippen LogP contribution in [0.15, 0.2) is 30.1 Å². The van der Waals surface area contributed by atoms with Gasteiger partial charge in [0.2, 0.25) is 0 Å². The minimum atomic E-state index is 1.00. The van der Waals surface area contributed by atoms with E-state index in [1.807, 2.05) is 12.3 Å². The summed E-state index contributed by atoms with van der Waals surface area (Å²) in [5, 5.41) is 3.21. The molecule has 1 aromatic heterocycles. The van der Waals surface area contributed by atoms with Crippen molar-refractivity contribution in [3.63, 3.8) is 0 Å². The molecule has 0 spiro atoms. The van der Waals surface area contributed by atoms with Crippen molar-refractivity contribution >= 4 is 5.82 Å². The Morgan fingerprint density at radius 1 is 1.55 bits per heavy atom. The normalized spacial score (nSPS) is 14.8. The second kappa shape index (κ2) is 2.38. The molecule has 0 amide bonds. The van der Waals surface area contributed by atoms with Crippen LogP contribution in [0.5, 0.6) is 0 Å². The zero-order valence-corrected chi connectivity index (χ0v) is 6.46. The minimum Gasteiger partial charge on any atom is -0.344 e.